The van der Waals surface area contributed by atoms with Gasteiger partial charge in [0, 0.05) is 30.7 Å². The van der Waals surface area contributed by atoms with Crippen LogP contribution in [0.25, 0.3) is 0 Å². The summed E-state index contributed by atoms with van der Waals surface area (Å²) in [5.74, 6) is 0.827. The minimum absolute atomic E-state index is 0.104. The number of likely N-dealkylation sites (N-methyl/N-ethyl adjacent to an activating group) is 1. The first-order chi connectivity index (χ1) is 11.1. The highest BCUT2D eigenvalue weighted by atomic mass is 32.1. The van der Waals surface area contributed by atoms with Crippen molar-refractivity contribution in [1.29, 1.82) is 0 Å². The van der Waals surface area contributed by atoms with Crippen LogP contribution in [-0.4, -0.2) is 47.5 Å². The van der Waals surface area contributed by atoms with Crippen LogP contribution in [0.3, 0.4) is 0 Å². The summed E-state index contributed by atoms with van der Waals surface area (Å²) in [4.78, 5) is 20.3. The molecule has 2 aromatic rings. The number of aryl methyl sites for hydroxylation is 1. The second kappa shape index (κ2) is 6.82. The molecule has 1 unspecified atom stereocenters. The van der Waals surface area contributed by atoms with Gasteiger partial charge in [0.05, 0.1) is 12.6 Å². The Kier molecular flexibility index (Phi) is 4.79. The molecule has 3 rings (SSSR count). The standard InChI is InChI=1S/C16H23N5OS/c1-11-4-7-23-15(11)13(20(2)3)8-18-16(22)12-10-21-6-5-17-9-14(21)19-12/h4,7,10,13,17H,5-6,8-9H2,1-3H3,(H,18,22). The highest BCUT2D eigenvalue weighted by molar-refractivity contribution is 7.10. The van der Waals surface area contributed by atoms with Crippen molar-refractivity contribution in [2.45, 2.75) is 26.1 Å². The Labute approximate surface area is 140 Å². The van der Waals surface area contributed by atoms with Gasteiger partial charge in [-0.25, -0.2) is 4.98 Å². The van der Waals surface area contributed by atoms with Crippen molar-refractivity contribution in [3.05, 3.63) is 39.6 Å². The van der Waals surface area contributed by atoms with E-state index in [2.05, 4.69) is 43.5 Å². The molecule has 2 aromatic heterocycles. The lowest BCUT2D eigenvalue weighted by atomic mass is 10.1. The molecule has 0 bridgehead atoms. The van der Waals surface area contributed by atoms with E-state index >= 15 is 0 Å². The molecule has 0 aromatic carbocycles. The van der Waals surface area contributed by atoms with Crippen molar-refractivity contribution in [2.75, 3.05) is 27.2 Å². The number of nitrogens with zero attached hydrogens (tertiary/aromatic N) is 3. The summed E-state index contributed by atoms with van der Waals surface area (Å²) in [6.45, 7) is 5.20. The topological polar surface area (TPSA) is 62.2 Å². The van der Waals surface area contributed by atoms with Crippen molar-refractivity contribution in [1.82, 2.24) is 25.1 Å². The van der Waals surface area contributed by atoms with E-state index in [0.29, 0.717) is 12.2 Å². The van der Waals surface area contributed by atoms with Crippen LogP contribution in [0.5, 0.6) is 0 Å². The summed E-state index contributed by atoms with van der Waals surface area (Å²) in [7, 11) is 4.08. The van der Waals surface area contributed by atoms with Gasteiger partial charge in [-0.2, -0.15) is 0 Å². The molecule has 1 amide bonds. The van der Waals surface area contributed by atoms with Gasteiger partial charge in [0.1, 0.15) is 11.5 Å². The lowest BCUT2D eigenvalue weighted by Gasteiger charge is -2.24. The third kappa shape index (κ3) is 3.46. The zero-order valence-electron chi connectivity index (χ0n) is 13.8. The third-order valence-electron chi connectivity index (χ3n) is 4.19. The van der Waals surface area contributed by atoms with Crippen molar-refractivity contribution < 1.29 is 4.79 Å². The lowest BCUT2D eigenvalue weighted by Crippen LogP contribution is -2.34. The van der Waals surface area contributed by atoms with E-state index in [4.69, 9.17) is 0 Å². The Hall–Kier alpha value is -1.70. The predicted molar refractivity (Wildman–Crippen MR) is 91.8 cm³/mol. The maximum Gasteiger partial charge on any atom is 0.271 e. The Balaban J connectivity index is 1.67. The number of imidazole rings is 1. The van der Waals surface area contributed by atoms with E-state index in [0.717, 1.165) is 25.5 Å². The van der Waals surface area contributed by atoms with Crippen LogP contribution in [0.4, 0.5) is 0 Å². The third-order valence-corrected chi connectivity index (χ3v) is 5.31. The van der Waals surface area contributed by atoms with Crippen LogP contribution in [0, 0.1) is 6.92 Å². The zero-order valence-corrected chi connectivity index (χ0v) is 14.6. The summed E-state index contributed by atoms with van der Waals surface area (Å²) in [5.41, 5.74) is 1.77. The number of carbonyl (C=O) groups is 1. The number of fused-ring (bicyclic) bond motifs is 1. The van der Waals surface area contributed by atoms with Crippen molar-refractivity contribution in [3.8, 4) is 0 Å². The van der Waals surface area contributed by atoms with E-state index in [-0.39, 0.29) is 11.9 Å². The van der Waals surface area contributed by atoms with Crippen LogP contribution in [0.2, 0.25) is 0 Å². The molecule has 0 saturated carbocycles. The minimum atomic E-state index is -0.104. The lowest BCUT2D eigenvalue weighted by molar-refractivity contribution is 0.0937. The fraction of sp³-hybridized carbons (Fsp3) is 0.500. The number of nitrogens with one attached hydrogen (secondary N) is 2. The highest BCUT2D eigenvalue weighted by Crippen LogP contribution is 2.26. The molecule has 0 fully saturated rings. The van der Waals surface area contributed by atoms with Gasteiger partial charge in [0.15, 0.2) is 0 Å². The maximum absolute atomic E-state index is 12.4. The smallest absolute Gasteiger partial charge is 0.271 e. The molecule has 7 heteroatoms. The summed E-state index contributed by atoms with van der Waals surface area (Å²) >= 11 is 1.73. The quantitative estimate of drug-likeness (QED) is 0.868. The number of carbonyl (C=O) groups excluding carboxylic acids is 1. The van der Waals surface area contributed by atoms with Crippen molar-refractivity contribution >= 4 is 17.2 Å². The van der Waals surface area contributed by atoms with E-state index in [9.17, 15) is 4.79 Å². The van der Waals surface area contributed by atoms with Crippen LogP contribution in [0.15, 0.2) is 17.6 Å². The first-order valence-corrected chi connectivity index (χ1v) is 8.69. The summed E-state index contributed by atoms with van der Waals surface area (Å²) < 4.78 is 2.05. The fourth-order valence-electron chi connectivity index (χ4n) is 2.81. The van der Waals surface area contributed by atoms with Gasteiger partial charge >= 0.3 is 0 Å². The summed E-state index contributed by atoms with van der Waals surface area (Å²) in [6, 6.07) is 2.30. The average molecular weight is 333 g/mol. The summed E-state index contributed by atoms with van der Waals surface area (Å²) in [5, 5.41) is 8.39. The van der Waals surface area contributed by atoms with Gasteiger partial charge in [-0.05, 0) is 38.0 Å². The van der Waals surface area contributed by atoms with Crippen LogP contribution in [-0.2, 0) is 13.1 Å². The van der Waals surface area contributed by atoms with E-state index < -0.39 is 0 Å². The number of hydrogen-bond acceptors (Lipinski definition) is 5. The highest BCUT2D eigenvalue weighted by Gasteiger charge is 2.21. The van der Waals surface area contributed by atoms with E-state index in [1.807, 2.05) is 20.3 Å². The van der Waals surface area contributed by atoms with Crippen LogP contribution in [0.1, 0.15) is 32.8 Å². The number of rotatable bonds is 5. The van der Waals surface area contributed by atoms with Gasteiger partial charge < -0.3 is 20.1 Å². The zero-order chi connectivity index (χ0) is 16.4. The summed E-state index contributed by atoms with van der Waals surface area (Å²) in [6.07, 6.45) is 1.85. The molecule has 23 heavy (non-hydrogen) atoms. The van der Waals surface area contributed by atoms with E-state index in [1.165, 1.54) is 10.4 Å². The Morgan fingerprint density at radius 2 is 2.39 bits per heavy atom. The molecule has 1 atom stereocenters. The SMILES string of the molecule is Cc1ccsc1C(CNC(=O)c1cn2c(n1)CNCC2)N(C)C. The number of aromatic nitrogens is 2. The van der Waals surface area contributed by atoms with E-state index in [1.54, 1.807) is 11.3 Å². The van der Waals surface area contributed by atoms with Gasteiger partial charge in [-0.15, -0.1) is 11.3 Å². The Morgan fingerprint density at radius 3 is 3.04 bits per heavy atom. The number of hydrogen-bond donors (Lipinski definition) is 2. The molecule has 124 valence electrons. The Morgan fingerprint density at radius 1 is 1.57 bits per heavy atom. The molecule has 6 nitrogen and oxygen atoms in total. The molecule has 0 radical (unpaired) electrons. The molecule has 3 heterocycles. The average Bonchev–Trinajstić information content (AvgIpc) is 3.13. The van der Waals surface area contributed by atoms with Crippen LogP contribution >= 0.6 is 11.3 Å². The first-order valence-electron chi connectivity index (χ1n) is 7.81. The monoisotopic (exact) mass is 333 g/mol. The van der Waals surface area contributed by atoms with Gasteiger partial charge in [0.2, 0.25) is 0 Å². The molecule has 2 N–H and O–H groups in total. The number of amides is 1. The second-order valence-corrected chi connectivity index (χ2v) is 7.02. The van der Waals surface area contributed by atoms with Crippen molar-refractivity contribution in [3.63, 3.8) is 0 Å². The van der Waals surface area contributed by atoms with Gasteiger partial charge in [-0.3, -0.25) is 4.79 Å². The molecular weight excluding hydrogens is 310 g/mol. The number of thiophene rings is 1. The Bertz CT molecular complexity index is 667. The molecule has 1 aliphatic rings. The minimum Gasteiger partial charge on any atom is -0.349 e. The maximum atomic E-state index is 12.4. The molecule has 0 aliphatic carbocycles. The largest absolute Gasteiger partial charge is 0.349 e. The van der Waals surface area contributed by atoms with Crippen LogP contribution < -0.4 is 10.6 Å². The fourth-order valence-corrected chi connectivity index (χ4v) is 3.94. The molecular formula is C16H23N5OS. The first kappa shape index (κ1) is 16.2. The van der Waals surface area contributed by atoms with Gasteiger partial charge in [-0.1, -0.05) is 0 Å². The van der Waals surface area contributed by atoms with Gasteiger partial charge in [0.25, 0.3) is 5.91 Å². The normalized spacial score (nSPS) is 15.5. The molecule has 1 aliphatic heterocycles. The molecule has 0 spiro atoms. The predicted octanol–water partition coefficient (Wildman–Crippen LogP) is 1.39. The molecule has 0 saturated heterocycles. The van der Waals surface area contributed by atoms with Crippen molar-refractivity contribution in [2.24, 2.45) is 0 Å². The second-order valence-electron chi connectivity index (χ2n) is 6.07.